The molecule has 0 atom stereocenters. The van der Waals surface area contributed by atoms with Crippen LogP contribution in [0.25, 0.3) is 11.0 Å². The SMILES string of the molecule is Cc1c(C(=O)c2cccs2)oc2ccc(Cl)cc12. The Bertz CT molecular complexity index is 726. The van der Waals surface area contributed by atoms with Gasteiger partial charge < -0.3 is 4.42 Å². The number of carbonyl (C=O) groups excluding carboxylic acids is 1. The van der Waals surface area contributed by atoms with Gasteiger partial charge in [-0.15, -0.1) is 11.3 Å². The van der Waals surface area contributed by atoms with Crippen LogP contribution in [-0.2, 0) is 0 Å². The number of benzene rings is 1. The highest BCUT2D eigenvalue weighted by Gasteiger charge is 2.19. The van der Waals surface area contributed by atoms with Crippen molar-refractivity contribution in [1.29, 1.82) is 0 Å². The fourth-order valence-corrected chi connectivity index (χ4v) is 2.76. The normalized spacial score (nSPS) is 11.0. The smallest absolute Gasteiger partial charge is 0.238 e. The molecule has 0 aliphatic rings. The number of halogens is 1. The van der Waals surface area contributed by atoms with E-state index in [9.17, 15) is 4.79 Å². The van der Waals surface area contributed by atoms with Crippen molar-refractivity contribution in [3.05, 3.63) is 56.9 Å². The molecular weight excluding hydrogens is 268 g/mol. The van der Waals surface area contributed by atoms with Crippen LogP contribution in [0.1, 0.15) is 21.0 Å². The van der Waals surface area contributed by atoms with Crippen LogP contribution in [0.15, 0.2) is 40.1 Å². The quantitative estimate of drug-likeness (QED) is 0.636. The van der Waals surface area contributed by atoms with Crippen molar-refractivity contribution in [3.8, 4) is 0 Å². The molecule has 0 saturated heterocycles. The summed E-state index contributed by atoms with van der Waals surface area (Å²) in [6, 6.07) is 9.02. The summed E-state index contributed by atoms with van der Waals surface area (Å²) in [5.74, 6) is 0.324. The second-order valence-corrected chi connectivity index (χ2v) is 5.39. The lowest BCUT2D eigenvalue weighted by Crippen LogP contribution is -1.98. The molecule has 2 heterocycles. The molecule has 0 radical (unpaired) electrons. The minimum absolute atomic E-state index is 0.0742. The van der Waals surface area contributed by atoms with Crippen molar-refractivity contribution in [2.24, 2.45) is 0 Å². The Labute approximate surface area is 113 Å². The molecule has 4 heteroatoms. The van der Waals surface area contributed by atoms with Crippen molar-refractivity contribution < 1.29 is 9.21 Å². The summed E-state index contributed by atoms with van der Waals surface area (Å²) in [5.41, 5.74) is 1.53. The number of rotatable bonds is 2. The molecule has 18 heavy (non-hydrogen) atoms. The maximum Gasteiger partial charge on any atom is 0.238 e. The second-order valence-electron chi connectivity index (χ2n) is 4.00. The fraction of sp³-hybridized carbons (Fsp3) is 0.0714. The Balaban J connectivity index is 2.19. The third-order valence-corrected chi connectivity index (χ3v) is 3.95. The summed E-state index contributed by atoms with van der Waals surface area (Å²) in [7, 11) is 0. The summed E-state index contributed by atoms with van der Waals surface area (Å²) in [4.78, 5) is 13.0. The van der Waals surface area contributed by atoms with E-state index in [-0.39, 0.29) is 5.78 Å². The Morgan fingerprint density at radius 1 is 1.33 bits per heavy atom. The zero-order valence-electron chi connectivity index (χ0n) is 9.57. The van der Waals surface area contributed by atoms with Crippen molar-refractivity contribution in [2.75, 3.05) is 0 Å². The molecule has 3 aromatic rings. The molecule has 0 spiro atoms. The number of ketones is 1. The van der Waals surface area contributed by atoms with Gasteiger partial charge in [0.1, 0.15) is 5.58 Å². The van der Waals surface area contributed by atoms with Gasteiger partial charge in [0.2, 0.25) is 5.78 Å². The van der Waals surface area contributed by atoms with E-state index in [0.29, 0.717) is 21.2 Å². The number of hydrogen-bond acceptors (Lipinski definition) is 3. The molecule has 0 saturated carbocycles. The lowest BCUT2D eigenvalue weighted by atomic mass is 10.1. The maximum atomic E-state index is 12.3. The van der Waals surface area contributed by atoms with Crippen molar-refractivity contribution in [1.82, 2.24) is 0 Å². The van der Waals surface area contributed by atoms with Crippen molar-refractivity contribution >= 4 is 39.7 Å². The molecule has 0 fully saturated rings. The van der Waals surface area contributed by atoms with E-state index < -0.39 is 0 Å². The van der Waals surface area contributed by atoms with Gasteiger partial charge in [0.05, 0.1) is 4.88 Å². The van der Waals surface area contributed by atoms with Crippen LogP contribution in [0.4, 0.5) is 0 Å². The molecule has 0 amide bonds. The van der Waals surface area contributed by atoms with Crippen LogP contribution in [-0.4, -0.2) is 5.78 Å². The lowest BCUT2D eigenvalue weighted by Gasteiger charge is -1.94. The van der Waals surface area contributed by atoms with E-state index in [4.69, 9.17) is 16.0 Å². The molecule has 3 rings (SSSR count). The number of fused-ring (bicyclic) bond motifs is 1. The Kier molecular flexibility index (Phi) is 2.73. The maximum absolute atomic E-state index is 12.3. The minimum Gasteiger partial charge on any atom is -0.452 e. The average molecular weight is 277 g/mol. The first-order valence-electron chi connectivity index (χ1n) is 5.43. The van der Waals surface area contributed by atoms with Gasteiger partial charge >= 0.3 is 0 Å². The van der Waals surface area contributed by atoms with E-state index in [0.717, 1.165) is 10.9 Å². The van der Waals surface area contributed by atoms with Gasteiger partial charge in [0.15, 0.2) is 5.76 Å². The summed E-state index contributed by atoms with van der Waals surface area (Å²) < 4.78 is 5.64. The molecule has 90 valence electrons. The Morgan fingerprint density at radius 3 is 2.89 bits per heavy atom. The van der Waals surface area contributed by atoms with E-state index in [1.54, 1.807) is 18.2 Å². The van der Waals surface area contributed by atoms with Crippen LogP contribution in [0.2, 0.25) is 5.02 Å². The molecule has 0 aliphatic carbocycles. The molecule has 0 bridgehead atoms. The van der Waals surface area contributed by atoms with E-state index >= 15 is 0 Å². The van der Waals surface area contributed by atoms with Crippen LogP contribution in [0.3, 0.4) is 0 Å². The largest absolute Gasteiger partial charge is 0.452 e. The third-order valence-electron chi connectivity index (χ3n) is 2.85. The topological polar surface area (TPSA) is 30.2 Å². The molecule has 0 unspecified atom stereocenters. The molecule has 2 nitrogen and oxygen atoms in total. The first-order chi connectivity index (χ1) is 8.66. The highest BCUT2D eigenvalue weighted by molar-refractivity contribution is 7.12. The van der Waals surface area contributed by atoms with Gasteiger partial charge in [-0.05, 0) is 36.6 Å². The molecule has 0 aliphatic heterocycles. The first-order valence-corrected chi connectivity index (χ1v) is 6.69. The van der Waals surface area contributed by atoms with Crippen molar-refractivity contribution in [3.63, 3.8) is 0 Å². The van der Waals surface area contributed by atoms with Crippen LogP contribution in [0, 0.1) is 6.92 Å². The van der Waals surface area contributed by atoms with Gasteiger partial charge in [-0.1, -0.05) is 17.7 Å². The van der Waals surface area contributed by atoms with E-state index in [1.165, 1.54) is 11.3 Å². The van der Waals surface area contributed by atoms with Crippen LogP contribution >= 0.6 is 22.9 Å². The predicted octanol–water partition coefficient (Wildman–Crippen LogP) is 4.69. The summed E-state index contributed by atoms with van der Waals surface area (Å²) >= 11 is 7.37. The standard InChI is InChI=1S/C14H9ClO2S/c1-8-10-7-9(15)4-5-11(10)17-14(8)13(16)12-3-2-6-18-12/h2-7H,1H3. The zero-order valence-corrected chi connectivity index (χ0v) is 11.1. The van der Waals surface area contributed by atoms with E-state index in [2.05, 4.69) is 0 Å². The van der Waals surface area contributed by atoms with Crippen molar-refractivity contribution in [2.45, 2.75) is 6.92 Å². The zero-order chi connectivity index (χ0) is 12.7. The number of carbonyl (C=O) groups is 1. The van der Waals surface area contributed by atoms with Gasteiger partial charge in [-0.25, -0.2) is 0 Å². The van der Waals surface area contributed by atoms with Crippen LogP contribution < -0.4 is 0 Å². The van der Waals surface area contributed by atoms with Gasteiger partial charge in [0.25, 0.3) is 0 Å². The minimum atomic E-state index is -0.0742. The highest BCUT2D eigenvalue weighted by Crippen LogP contribution is 2.29. The molecule has 2 aromatic heterocycles. The average Bonchev–Trinajstić information content (AvgIpc) is 2.98. The van der Waals surface area contributed by atoms with E-state index in [1.807, 2.05) is 24.4 Å². The number of hydrogen-bond donors (Lipinski definition) is 0. The number of furan rings is 1. The Hall–Kier alpha value is -1.58. The highest BCUT2D eigenvalue weighted by atomic mass is 35.5. The summed E-state index contributed by atoms with van der Waals surface area (Å²) in [6.45, 7) is 1.88. The monoisotopic (exact) mass is 276 g/mol. The predicted molar refractivity (Wildman–Crippen MR) is 73.7 cm³/mol. The molecule has 0 N–H and O–H groups in total. The molecule has 1 aromatic carbocycles. The third kappa shape index (κ3) is 1.76. The Morgan fingerprint density at radius 2 is 2.17 bits per heavy atom. The summed E-state index contributed by atoms with van der Waals surface area (Å²) in [5, 5.41) is 3.41. The fourth-order valence-electron chi connectivity index (χ4n) is 1.93. The number of aryl methyl sites for hydroxylation is 1. The van der Waals surface area contributed by atoms with Gasteiger partial charge in [-0.2, -0.15) is 0 Å². The van der Waals surface area contributed by atoms with Gasteiger partial charge in [-0.3, -0.25) is 4.79 Å². The van der Waals surface area contributed by atoms with Crippen LogP contribution in [0.5, 0.6) is 0 Å². The molecular formula is C14H9ClO2S. The first kappa shape index (κ1) is 11.5. The number of thiophene rings is 1. The summed E-state index contributed by atoms with van der Waals surface area (Å²) in [6.07, 6.45) is 0. The second kappa shape index (κ2) is 4.26. The van der Waals surface area contributed by atoms with Gasteiger partial charge in [0, 0.05) is 16.0 Å². The lowest BCUT2D eigenvalue weighted by molar-refractivity contribution is 0.101.